The molecule has 46 heavy (non-hydrogen) atoms. The van der Waals surface area contributed by atoms with Crippen LogP contribution in [0.15, 0.2) is 95.2 Å². The molecule has 0 saturated heterocycles. The number of rotatable bonds is 10. The van der Waals surface area contributed by atoms with Crippen LogP contribution >= 0.6 is 0 Å². The van der Waals surface area contributed by atoms with Gasteiger partial charge in [0.15, 0.2) is 0 Å². The van der Waals surface area contributed by atoms with Gasteiger partial charge in [0.1, 0.15) is 0 Å². The number of hydrogen-bond donors (Lipinski definition) is 0. The SMILES string of the molecule is CC(C)c1cccc(C(C)C)c1N=Cc1ccccn1.CC(C)c1cccc(C(C)C)c1N=Cc1ccccn1.CCOCC.[Cr]. The molecule has 0 fully saturated rings. The molecule has 4 aromatic rings. The van der Waals surface area contributed by atoms with Gasteiger partial charge in [-0.25, -0.2) is 0 Å². The van der Waals surface area contributed by atoms with E-state index in [0.29, 0.717) is 23.7 Å². The summed E-state index contributed by atoms with van der Waals surface area (Å²) >= 11 is 0. The van der Waals surface area contributed by atoms with Gasteiger partial charge in [0.05, 0.1) is 35.2 Å². The van der Waals surface area contributed by atoms with Crippen LogP contribution in [0.3, 0.4) is 0 Å². The first-order valence-electron chi connectivity index (χ1n) is 16.3. The maximum atomic E-state index is 4.83. The van der Waals surface area contributed by atoms with Gasteiger partial charge >= 0.3 is 0 Å². The molecule has 6 heteroatoms. The fourth-order valence-corrected chi connectivity index (χ4v) is 4.69. The van der Waals surface area contributed by atoms with Crippen LogP contribution in [-0.2, 0) is 22.1 Å². The molecule has 0 aliphatic carbocycles. The van der Waals surface area contributed by atoms with Gasteiger partial charge in [0.2, 0.25) is 0 Å². The van der Waals surface area contributed by atoms with Crippen LogP contribution in [0, 0.1) is 0 Å². The molecule has 0 amide bonds. The molecular weight excluding hydrogens is 604 g/mol. The third kappa shape index (κ3) is 13.5. The van der Waals surface area contributed by atoms with Crippen LogP contribution in [-0.4, -0.2) is 35.6 Å². The van der Waals surface area contributed by atoms with Gasteiger partial charge in [0.25, 0.3) is 0 Å². The number of nitrogens with zero attached hydrogens (tertiary/aromatic N) is 4. The topological polar surface area (TPSA) is 59.7 Å². The molecular formula is C40H54CrN4O. The molecule has 5 nitrogen and oxygen atoms in total. The van der Waals surface area contributed by atoms with Crippen LogP contribution in [0.2, 0.25) is 0 Å². The molecule has 0 atom stereocenters. The molecule has 0 unspecified atom stereocenters. The second kappa shape index (κ2) is 22.2. The van der Waals surface area contributed by atoms with Gasteiger partial charge in [-0.05, 0) is 84.0 Å². The standard InChI is InChI=1S/2C18H22N2.C4H10O.Cr/c2*1-13(2)16-9-7-10-17(14(3)4)18(16)20-12-15-8-5-6-11-19-15;1-3-5-4-2;/h2*5-14H,1-4H3;3-4H2,1-2H3;. The van der Waals surface area contributed by atoms with E-state index in [1.54, 1.807) is 12.4 Å². The van der Waals surface area contributed by atoms with Crippen LogP contribution in [0.4, 0.5) is 11.4 Å². The minimum absolute atomic E-state index is 0. The summed E-state index contributed by atoms with van der Waals surface area (Å²) in [6.45, 7) is 23.3. The largest absolute Gasteiger partial charge is 0.382 e. The van der Waals surface area contributed by atoms with Crippen molar-refractivity contribution in [1.82, 2.24) is 9.97 Å². The van der Waals surface area contributed by atoms with E-state index in [0.717, 1.165) is 36.0 Å². The summed E-state index contributed by atoms with van der Waals surface area (Å²) in [5.74, 6) is 1.85. The molecule has 0 aliphatic rings. The fourth-order valence-electron chi connectivity index (χ4n) is 4.69. The van der Waals surface area contributed by atoms with Crippen molar-refractivity contribution >= 4 is 23.8 Å². The summed E-state index contributed by atoms with van der Waals surface area (Å²) in [4.78, 5) is 18.0. The zero-order valence-corrected chi connectivity index (χ0v) is 30.8. The fraction of sp³-hybridized carbons (Fsp3) is 0.400. The minimum Gasteiger partial charge on any atom is -0.382 e. The number of ether oxygens (including phenoxy) is 1. The normalized spacial score (nSPS) is 11.1. The van der Waals surface area contributed by atoms with Crippen LogP contribution in [0.5, 0.6) is 0 Å². The van der Waals surface area contributed by atoms with E-state index in [-0.39, 0.29) is 17.4 Å². The zero-order valence-electron chi connectivity index (χ0n) is 29.6. The van der Waals surface area contributed by atoms with E-state index < -0.39 is 0 Å². The summed E-state index contributed by atoms with van der Waals surface area (Å²) in [6.07, 6.45) is 7.29. The Hall–Kier alpha value is -3.43. The molecule has 4 rings (SSSR count). The maximum absolute atomic E-state index is 4.83. The number of aliphatic imine (C=N–C) groups is 2. The van der Waals surface area contributed by atoms with Gasteiger partial charge in [-0.2, -0.15) is 0 Å². The van der Waals surface area contributed by atoms with Crippen LogP contribution in [0.1, 0.15) is 127 Å². The number of hydrogen-bond acceptors (Lipinski definition) is 5. The number of para-hydroxylation sites is 2. The molecule has 0 bridgehead atoms. The van der Waals surface area contributed by atoms with Crippen molar-refractivity contribution in [3.63, 3.8) is 0 Å². The predicted octanol–water partition coefficient (Wildman–Crippen LogP) is 11.2. The molecule has 0 radical (unpaired) electrons. The maximum Gasteiger partial charge on any atom is 0.0812 e. The van der Waals surface area contributed by atoms with Crippen LogP contribution in [0.25, 0.3) is 0 Å². The van der Waals surface area contributed by atoms with E-state index in [4.69, 9.17) is 14.7 Å². The van der Waals surface area contributed by atoms with E-state index >= 15 is 0 Å². The second-order valence-corrected chi connectivity index (χ2v) is 12.0. The van der Waals surface area contributed by atoms with Gasteiger partial charge in [-0.1, -0.05) is 104 Å². The summed E-state index contributed by atoms with van der Waals surface area (Å²) in [6, 6.07) is 24.7. The molecule has 0 saturated carbocycles. The number of benzene rings is 2. The molecule has 0 spiro atoms. The van der Waals surface area contributed by atoms with Crippen molar-refractivity contribution in [2.45, 2.75) is 92.9 Å². The summed E-state index contributed by atoms with van der Waals surface area (Å²) in [5.41, 5.74) is 9.16. The monoisotopic (exact) mass is 658 g/mol. The molecule has 0 N–H and O–H groups in total. The molecule has 2 heterocycles. The summed E-state index contributed by atoms with van der Waals surface area (Å²) < 4.78 is 4.83. The van der Waals surface area contributed by atoms with E-state index in [9.17, 15) is 0 Å². The van der Waals surface area contributed by atoms with Gasteiger partial charge in [-0.15, -0.1) is 0 Å². The molecule has 246 valence electrons. The summed E-state index contributed by atoms with van der Waals surface area (Å²) in [7, 11) is 0. The molecule has 2 aromatic carbocycles. The average Bonchev–Trinajstić information content (AvgIpc) is 3.04. The minimum atomic E-state index is 0. The average molecular weight is 659 g/mol. The third-order valence-corrected chi connectivity index (χ3v) is 7.12. The summed E-state index contributed by atoms with van der Waals surface area (Å²) in [5, 5.41) is 0. The van der Waals surface area contributed by atoms with E-state index in [2.05, 4.69) is 102 Å². The Morgan fingerprint density at radius 3 is 1.07 bits per heavy atom. The Balaban J connectivity index is 0.000000394. The number of pyridine rings is 2. The van der Waals surface area contributed by atoms with E-state index in [1.807, 2.05) is 62.7 Å². The predicted molar refractivity (Wildman–Crippen MR) is 194 cm³/mol. The smallest absolute Gasteiger partial charge is 0.0812 e. The van der Waals surface area contributed by atoms with E-state index in [1.165, 1.54) is 22.3 Å². The van der Waals surface area contributed by atoms with Crippen LogP contribution < -0.4 is 0 Å². The first-order chi connectivity index (χ1) is 21.6. The Morgan fingerprint density at radius 2 is 0.848 bits per heavy atom. The van der Waals surface area contributed by atoms with Gasteiger partial charge in [-0.3, -0.25) is 20.0 Å². The zero-order chi connectivity index (χ0) is 33.2. The Kier molecular flexibility index (Phi) is 19.6. The first kappa shape index (κ1) is 40.6. The van der Waals surface area contributed by atoms with Crippen molar-refractivity contribution in [3.8, 4) is 0 Å². The second-order valence-electron chi connectivity index (χ2n) is 12.0. The van der Waals surface area contributed by atoms with Crippen molar-refractivity contribution < 1.29 is 22.1 Å². The number of aromatic nitrogens is 2. The van der Waals surface area contributed by atoms with Crippen molar-refractivity contribution in [1.29, 1.82) is 0 Å². The quantitative estimate of drug-likeness (QED) is 0.159. The Labute approximate surface area is 289 Å². The Bertz CT molecular complexity index is 1290. The van der Waals surface area contributed by atoms with Crippen molar-refractivity contribution in [3.05, 3.63) is 119 Å². The van der Waals surface area contributed by atoms with Crippen molar-refractivity contribution in [2.24, 2.45) is 9.98 Å². The molecule has 2 aromatic heterocycles. The molecule has 0 aliphatic heterocycles. The Morgan fingerprint density at radius 1 is 0.522 bits per heavy atom. The first-order valence-corrected chi connectivity index (χ1v) is 16.3. The van der Waals surface area contributed by atoms with Crippen molar-refractivity contribution in [2.75, 3.05) is 13.2 Å². The third-order valence-electron chi connectivity index (χ3n) is 7.12. The van der Waals surface area contributed by atoms with Gasteiger partial charge < -0.3 is 4.74 Å². The van der Waals surface area contributed by atoms with Gasteiger partial charge in [0, 0.05) is 43.0 Å².